The van der Waals surface area contributed by atoms with E-state index in [0.29, 0.717) is 11.6 Å². The minimum Gasteiger partial charge on any atom is -0.395 e. The van der Waals surface area contributed by atoms with Crippen molar-refractivity contribution in [2.75, 3.05) is 20.2 Å². The van der Waals surface area contributed by atoms with Crippen molar-refractivity contribution in [1.29, 1.82) is 0 Å². The van der Waals surface area contributed by atoms with Gasteiger partial charge in [-0.3, -0.25) is 0 Å². The van der Waals surface area contributed by atoms with E-state index in [4.69, 9.17) is 16.7 Å². The fourth-order valence-electron chi connectivity index (χ4n) is 1.93. The topological polar surface area (TPSA) is 52.6 Å². The first-order valence-corrected chi connectivity index (χ1v) is 6.35. The minimum atomic E-state index is -0.245. The van der Waals surface area contributed by atoms with Crippen molar-refractivity contribution in [2.45, 2.75) is 18.4 Å². The van der Waals surface area contributed by atoms with Crippen LogP contribution in [0, 0.1) is 0 Å². The first-order chi connectivity index (χ1) is 8.57. The molecule has 1 aliphatic rings. The summed E-state index contributed by atoms with van der Waals surface area (Å²) in [5, 5.41) is 12.5. The van der Waals surface area contributed by atoms with Gasteiger partial charge in [0.1, 0.15) is 0 Å². The Kier molecular flexibility index (Phi) is 3.78. The van der Waals surface area contributed by atoms with Crippen LogP contribution in [0.2, 0.25) is 5.02 Å². The van der Waals surface area contributed by atoms with E-state index in [1.54, 1.807) is 7.05 Å². The van der Waals surface area contributed by atoms with Crippen LogP contribution in [0.3, 0.4) is 0 Å². The van der Waals surface area contributed by atoms with Crippen LogP contribution in [-0.2, 0) is 5.54 Å². The third-order valence-electron chi connectivity index (χ3n) is 3.28. The Hall–Kier alpha value is -1.26. The standard InChI is InChI=1S/C13H17ClN2O2/c1-16(8-9-17)12(18)15-13(6-7-13)10-2-4-11(14)5-3-10/h2-5,17H,6-9H2,1H3,(H,15,18). The molecule has 1 aliphatic carbocycles. The first kappa shape index (κ1) is 13.2. The van der Waals surface area contributed by atoms with Gasteiger partial charge in [0.25, 0.3) is 0 Å². The Morgan fingerprint density at radius 3 is 2.56 bits per heavy atom. The number of carbonyl (C=O) groups is 1. The molecule has 1 aromatic carbocycles. The van der Waals surface area contributed by atoms with E-state index in [-0.39, 0.29) is 18.2 Å². The molecule has 2 amide bonds. The van der Waals surface area contributed by atoms with Crippen LogP contribution in [0.1, 0.15) is 18.4 Å². The Labute approximate surface area is 112 Å². The van der Waals surface area contributed by atoms with Gasteiger partial charge in [0, 0.05) is 18.6 Å². The second-order valence-corrected chi connectivity index (χ2v) is 5.10. The normalized spacial score (nSPS) is 16.2. The molecule has 18 heavy (non-hydrogen) atoms. The summed E-state index contributed by atoms with van der Waals surface area (Å²) < 4.78 is 0. The average Bonchev–Trinajstić information content (AvgIpc) is 3.11. The van der Waals surface area contributed by atoms with Gasteiger partial charge in [0.15, 0.2) is 0 Å². The van der Waals surface area contributed by atoms with Crippen LogP contribution in [0.15, 0.2) is 24.3 Å². The highest BCUT2D eigenvalue weighted by Crippen LogP contribution is 2.45. The van der Waals surface area contributed by atoms with Gasteiger partial charge >= 0.3 is 6.03 Å². The van der Waals surface area contributed by atoms with E-state index in [2.05, 4.69) is 5.32 Å². The number of nitrogens with one attached hydrogen (secondary N) is 1. The summed E-state index contributed by atoms with van der Waals surface area (Å²) in [6.45, 7) is 0.306. The Morgan fingerprint density at radius 2 is 2.06 bits per heavy atom. The maximum atomic E-state index is 11.9. The van der Waals surface area contributed by atoms with Gasteiger partial charge in [-0.05, 0) is 30.5 Å². The Morgan fingerprint density at radius 1 is 1.44 bits per heavy atom. The van der Waals surface area contributed by atoms with Crippen molar-refractivity contribution < 1.29 is 9.90 Å². The molecule has 2 N–H and O–H groups in total. The van der Waals surface area contributed by atoms with Crippen molar-refractivity contribution in [3.63, 3.8) is 0 Å². The largest absolute Gasteiger partial charge is 0.395 e. The summed E-state index contributed by atoms with van der Waals surface area (Å²) >= 11 is 5.86. The number of nitrogens with zero attached hydrogens (tertiary/aromatic N) is 1. The molecule has 0 bridgehead atoms. The predicted octanol–water partition coefficient (Wildman–Crippen LogP) is 1.96. The van der Waals surface area contributed by atoms with E-state index in [1.165, 1.54) is 4.90 Å². The smallest absolute Gasteiger partial charge is 0.317 e. The number of urea groups is 1. The molecule has 0 heterocycles. The zero-order chi connectivity index (χ0) is 13.2. The molecule has 1 aromatic rings. The summed E-state index contributed by atoms with van der Waals surface area (Å²) in [6.07, 6.45) is 1.88. The van der Waals surface area contributed by atoms with Crippen LogP contribution in [0.4, 0.5) is 4.79 Å². The molecule has 0 radical (unpaired) electrons. The predicted molar refractivity (Wildman–Crippen MR) is 70.6 cm³/mol. The molecular weight excluding hydrogens is 252 g/mol. The van der Waals surface area contributed by atoms with Crippen LogP contribution < -0.4 is 5.32 Å². The van der Waals surface area contributed by atoms with E-state index >= 15 is 0 Å². The zero-order valence-corrected chi connectivity index (χ0v) is 11.1. The third kappa shape index (κ3) is 2.76. The molecule has 0 aromatic heterocycles. The highest BCUT2D eigenvalue weighted by molar-refractivity contribution is 6.30. The maximum Gasteiger partial charge on any atom is 0.317 e. The summed E-state index contributed by atoms with van der Waals surface area (Å²) in [4.78, 5) is 13.4. The van der Waals surface area contributed by atoms with Crippen molar-refractivity contribution in [3.05, 3.63) is 34.9 Å². The van der Waals surface area contributed by atoms with E-state index in [1.807, 2.05) is 24.3 Å². The number of halogens is 1. The molecular formula is C13H17ClN2O2. The molecule has 2 rings (SSSR count). The number of aliphatic hydroxyl groups excluding tert-OH is 1. The quantitative estimate of drug-likeness (QED) is 0.877. The number of amides is 2. The van der Waals surface area contributed by atoms with Gasteiger partial charge < -0.3 is 15.3 Å². The third-order valence-corrected chi connectivity index (χ3v) is 3.53. The number of hydrogen-bond donors (Lipinski definition) is 2. The number of benzene rings is 1. The molecule has 0 saturated heterocycles. The van der Waals surface area contributed by atoms with Gasteiger partial charge in [-0.2, -0.15) is 0 Å². The van der Waals surface area contributed by atoms with Gasteiger partial charge in [-0.1, -0.05) is 23.7 Å². The fraction of sp³-hybridized carbons (Fsp3) is 0.462. The summed E-state index contributed by atoms with van der Waals surface area (Å²) in [7, 11) is 1.67. The molecule has 1 saturated carbocycles. The van der Waals surface area contributed by atoms with Gasteiger partial charge in [0.2, 0.25) is 0 Å². The van der Waals surface area contributed by atoms with Crippen LogP contribution in [0.5, 0.6) is 0 Å². The summed E-state index contributed by atoms with van der Waals surface area (Å²) in [6, 6.07) is 7.40. The lowest BCUT2D eigenvalue weighted by atomic mass is 10.1. The van der Waals surface area contributed by atoms with Crippen LogP contribution >= 0.6 is 11.6 Å². The van der Waals surface area contributed by atoms with Crippen molar-refractivity contribution >= 4 is 17.6 Å². The second kappa shape index (κ2) is 5.16. The average molecular weight is 269 g/mol. The lowest BCUT2D eigenvalue weighted by molar-refractivity contribution is 0.186. The summed E-state index contributed by atoms with van der Waals surface area (Å²) in [5.41, 5.74) is 0.837. The fourth-order valence-corrected chi connectivity index (χ4v) is 2.06. The maximum absolute atomic E-state index is 11.9. The molecule has 0 unspecified atom stereocenters. The minimum absolute atomic E-state index is 0.0299. The number of carbonyl (C=O) groups excluding carboxylic acids is 1. The number of likely N-dealkylation sites (N-methyl/N-ethyl adjacent to an activating group) is 1. The molecule has 1 fully saturated rings. The molecule has 0 atom stereocenters. The molecule has 0 aliphatic heterocycles. The zero-order valence-electron chi connectivity index (χ0n) is 10.3. The number of aliphatic hydroxyl groups is 1. The molecule has 98 valence electrons. The Bertz CT molecular complexity index is 429. The van der Waals surface area contributed by atoms with E-state index < -0.39 is 0 Å². The molecule has 5 heteroatoms. The second-order valence-electron chi connectivity index (χ2n) is 4.66. The number of rotatable bonds is 4. The molecule has 0 spiro atoms. The van der Waals surface area contributed by atoms with Crippen LogP contribution in [0.25, 0.3) is 0 Å². The lowest BCUT2D eigenvalue weighted by Gasteiger charge is -2.23. The first-order valence-electron chi connectivity index (χ1n) is 5.97. The van der Waals surface area contributed by atoms with Gasteiger partial charge in [-0.15, -0.1) is 0 Å². The van der Waals surface area contributed by atoms with Crippen molar-refractivity contribution in [2.24, 2.45) is 0 Å². The molecule has 4 nitrogen and oxygen atoms in total. The van der Waals surface area contributed by atoms with Crippen molar-refractivity contribution in [3.8, 4) is 0 Å². The Balaban J connectivity index is 2.04. The monoisotopic (exact) mass is 268 g/mol. The van der Waals surface area contributed by atoms with E-state index in [9.17, 15) is 4.79 Å². The highest BCUT2D eigenvalue weighted by Gasteiger charge is 2.46. The lowest BCUT2D eigenvalue weighted by Crippen LogP contribution is -2.44. The van der Waals surface area contributed by atoms with E-state index in [0.717, 1.165) is 18.4 Å². The SMILES string of the molecule is CN(CCO)C(=O)NC1(c2ccc(Cl)cc2)CC1. The number of hydrogen-bond acceptors (Lipinski definition) is 2. The van der Waals surface area contributed by atoms with Gasteiger partial charge in [0.05, 0.1) is 12.1 Å². The highest BCUT2D eigenvalue weighted by atomic mass is 35.5. The van der Waals surface area contributed by atoms with Crippen molar-refractivity contribution in [1.82, 2.24) is 10.2 Å². The summed E-state index contributed by atoms with van der Waals surface area (Å²) in [5.74, 6) is 0. The van der Waals surface area contributed by atoms with Crippen LogP contribution in [-0.4, -0.2) is 36.2 Å². The van der Waals surface area contributed by atoms with Gasteiger partial charge in [-0.25, -0.2) is 4.79 Å².